The minimum Gasteiger partial charge on any atom is -0.351 e. The molecule has 0 saturated carbocycles. The van der Waals surface area contributed by atoms with E-state index in [0.717, 1.165) is 21.9 Å². The Labute approximate surface area is 116 Å². The van der Waals surface area contributed by atoms with E-state index in [1.165, 1.54) is 16.9 Å². The van der Waals surface area contributed by atoms with Gasteiger partial charge in [-0.1, -0.05) is 23.7 Å². The molecule has 0 saturated heterocycles. The van der Waals surface area contributed by atoms with Gasteiger partial charge in [-0.3, -0.25) is 4.79 Å². The Kier molecular flexibility index (Phi) is 4.39. The van der Waals surface area contributed by atoms with Crippen molar-refractivity contribution < 1.29 is 4.79 Å². The summed E-state index contributed by atoms with van der Waals surface area (Å²) >= 11 is 7.29. The van der Waals surface area contributed by atoms with E-state index in [0.29, 0.717) is 6.54 Å². The number of benzene rings is 1. The van der Waals surface area contributed by atoms with Gasteiger partial charge in [0.05, 0.1) is 4.88 Å². The van der Waals surface area contributed by atoms with Crippen LogP contribution in [0.25, 0.3) is 0 Å². The van der Waals surface area contributed by atoms with Gasteiger partial charge in [-0.2, -0.15) is 0 Å². The number of nitrogens with one attached hydrogen (secondary N) is 1. The van der Waals surface area contributed by atoms with Gasteiger partial charge >= 0.3 is 0 Å². The number of aryl methyl sites for hydroxylation is 1. The van der Waals surface area contributed by atoms with Gasteiger partial charge in [-0.25, -0.2) is 0 Å². The van der Waals surface area contributed by atoms with Gasteiger partial charge < -0.3 is 5.32 Å². The lowest BCUT2D eigenvalue weighted by Gasteiger charge is -2.05. The zero-order chi connectivity index (χ0) is 13.0. The molecule has 2 aromatic rings. The van der Waals surface area contributed by atoms with E-state index in [1.807, 2.05) is 42.6 Å². The second-order valence-electron chi connectivity index (χ2n) is 4.07. The first-order valence-electron chi connectivity index (χ1n) is 5.73. The molecule has 1 N–H and O–H groups in total. The van der Waals surface area contributed by atoms with E-state index in [-0.39, 0.29) is 5.91 Å². The molecule has 1 heterocycles. The first-order valence-corrected chi connectivity index (χ1v) is 6.99. The van der Waals surface area contributed by atoms with Crippen LogP contribution in [0.5, 0.6) is 0 Å². The van der Waals surface area contributed by atoms with Crippen LogP contribution in [0.15, 0.2) is 35.7 Å². The summed E-state index contributed by atoms with van der Waals surface area (Å²) < 4.78 is 0. The molecule has 0 aliphatic heterocycles. The molecule has 0 bridgehead atoms. The van der Waals surface area contributed by atoms with Crippen molar-refractivity contribution in [3.63, 3.8) is 0 Å². The number of hydrogen-bond donors (Lipinski definition) is 1. The van der Waals surface area contributed by atoms with Gasteiger partial charge in [0.1, 0.15) is 0 Å². The SMILES string of the molecule is Cc1ccsc1C(=O)NCCc1ccc(Cl)cc1. The third-order valence-corrected chi connectivity index (χ3v) is 3.95. The molecule has 1 amide bonds. The van der Waals surface area contributed by atoms with Crippen LogP contribution in [0, 0.1) is 6.92 Å². The fourth-order valence-electron chi connectivity index (χ4n) is 1.66. The molecule has 0 aliphatic rings. The van der Waals surface area contributed by atoms with E-state index in [2.05, 4.69) is 5.32 Å². The van der Waals surface area contributed by atoms with Gasteiger partial charge in [0.25, 0.3) is 5.91 Å². The molecule has 0 fully saturated rings. The number of hydrogen-bond acceptors (Lipinski definition) is 2. The summed E-state index contributed by atoms with van der Waals surface area (Å²) in [7, 11) is 0. The van der Waals surface area contributed by atoms with E-state index in [4.69, 9.17) is 11.6 Å². The van der Waals surface area contributed by atoms with Gasteiger partial charge in [0.15, 0.2) is 0 Å². The highest BCUT2D eigenvalue weighted by atomic mass is 35.5. The van der Waals surface area contributed by atoms with Crippen LogP contribution in [-0.4, -0.2) is 12.5 Å². The number of rotatable bonds is 4. The predicted octanol–water partition coefficient (Wildman–Crippen LogP) is 3.68. The third-order valence-electron chi connectivity index (χ3n) is 2.68. The van der Waals surface area contributed by atoms with Gasteiger partial charge in [-0.05, 0) is 48.1 Å². The summed E-state index contributed by atoms with van der Waals surface area (Å²) in [5.74, 6) is 0.0106. The van der Waals surface area contributed by atoms with Crippen LogP contribution in [0.2, 0.25) is 5.02 Å². The average molecular weight is 280 g/mol. The molecule has 18 heavy (non-hydrogen) atoms. The monoisotopic (exact) mass is 279 g/mol. The molecule has 94 valence electrons. The smallest absolute Gasteiger partial charge is 0.261 e. The molecule has 2 rings (SSSR count). The van der Waals surface area contributed by atoms with Gasteiger partial charge in [0, 0.05) is 11.6 Å². The molecule has 0 aliphatic carbocycles. The lowest BCUT2D eigenvalue weighted by atomic mass is 10.1. The minimum absolute atomic E-state index is 0.0106. The number of carbonyl (C=O) groups is 1. The molecule has 0 atom stereocenters. The zero-order valence-corrected chi connectivity index (χ0v) is 11.6. The second-order valence-corrected chi connectivity index (χ2v) is 5.42. The highest BCUT2D eigenvalue weighted by molar-refractivity contribution is 7.12. The number of halogens is 1. The Morgan fingerprint density at radius 3 is 2.61 bits per heavy atom. The molecule has 0 radical (unpaired) electrons. The molecule has 1 aromatic heterocycles. The summed E-state index contributed by atoms with van der Waals surface area (Å²) in [4.78, 5) is 12.6. The van der Waals surface area contributed by atoms with E-state index in [1.54, 1.807) is 0 Å². The van der Waals surface area contributed by atoms with Crippen molar-refractivity contribution in [3.05, 3.63) is 56.7 Å². The molecule has 2 nitrogen and oxygen atoms in total. The Morgan fingerprint density at radius 2 is 2.00 bits per heavy atom. The lowest BCUT2D eigenvalue weighted by molar-refractivity contribution is 0.0957. The standard InChI is InChI=1S/C14H14ClNOS/c1-10-7-9-18-13(10)14(17)16-8-6-11-2-4-12(15)5-3-11/h2-5,7,9H,6,8H2,1H3,(H,16,17). The van der Waals surface area contributed by atoms with Crippen LogP contribution in [0.1, 0.15) is 20.8 Å². The Hall–Kier alpha value is -1.32. The highest BCUT2D eigenvalue weighted by Crippen LogP contribution is 2.15. The largest absolute Gasteiger partial charge is 0.351 e. The molecule has 0 unspecified atom stereocenters. The normalized spacial score (nSPS) is 10.3. The summed E-state index contributed by atoms with van der Waals surface area (Å²) in [6.45, 7) is 2.59. The van der Waals surface area contributed by atoms with Crippen LogP contribution >= 0.6 is 22.9 Å². The van der Waals surface area contributed by atoms with Crippen molar-refractivity contribution in [1.82, 2.24) is 5.32 Å². The van der Waals surface area contributed by atoms with Crippen molar-refractivity contribution in [1.29, 1.82) is 0 Å². The highest BCUT2D eigenvalue weighted by Gasteiger charge is 2.09. The second kappa shape index (κ2) is 6.03. The maximum atomic E-state index is 11.8. The lowest BCUT2D eigenvalue weighted by Crippen LogP contribution is -2.25. The van der Waals surface area contributed by atoms with Gasteiger partial charge in [-0.15, -0.1) is 11.3 Å². The fourth-order valence-corrected chi connectivity index (χ4v) is 2.62. The van der Waals surface area contributed by atoms with Crippen molar-refractivity contribution in [3.8, 4) is 0 Å². The topological polar surface area (TPSA) is 29.1 Å². The van der Waals surface area contributed by atoms with E-state index < -0.39 is 0 Å². The minimum atomic E-state index is 0.0106. The van der Waals surface area contributed by atoms with Crippen molar-refractivity contribution in [2.75, 3.05) is 6.54 Å². The summed E-state index contributed by atoms with van der Waals surface area (Å²) in [5, 5.41) is 5.59. The average Bonchev–Trinajstić information content (AvgIpc) is 2.78. The Balaban J connectivity index is 1.84. The Bertz CT molecular complexity index is 533. The van der Waals surface area contributed by atoms with Crippen molar-refractivity contribution in [2.45, 2.75) is 13.3 Å². The number of carbonyl (C=O) groups excluding carboxylic acids is 1. The Morgan fingerprint density at radius 1 is 1.28 bits per heavy atom. The molecule has 0 spiro atoms. The van der Waals surface area contributed by atoms with Crippen molar-refractivity contribution >= 4 is 28.8 Å². The molecular formula is C14H14ClNOS. The third kappa shape index (κ3) is 3.34. The molecule has 1 aromatic carbocycles. The predicted molar refractivity (Wildman–Crippen MR) is 76.5 cm³/mol. The maximum Gasteiger partial charge on any atom is 0.261 e. The van der Waals surface area contributed by atoms with Gasteiger partial charge in [0.2, 0.25) is 0 Å². The summed E-state index contributed by atoms with van der Waals surface area (Å²) in [5.41, 5.74) is 2.20. The summed E-state index contributed by atoms with van der Waals surface area (Å²) in [6, 6.07) is 9.64. The molecular weight excluding hydrogens is 266 g/mol. The number of thiophene rings is 1. The maximum absolute atomic E-state index is 11.8. The van der Waals surface area contributed by atoms with E-state index >= 15 is 0 Å². The first kappa shape index (κ1) is 13.1. The van der Waals surface area contributed by atoms with Crippen LogP contribution in [0.3, 0.4) is 0 Å². The summed E-state index contributed by atoms with van der Waals surface area (Å²) in [6.07, 6.45) is 0.813. The molecule has 4 heteroatoms. The van der Waals surface area contributed by atoms with Crippen LogP contribution < -0.4 is 5.32 Å². The quantitative estimate of drug-likeness (QED) is 0.909. The van der Waals surface area contributed by atoms with Crippen molar-refractivity contribution in [2.24, 2.45) is 0 Å². The van der Waals surface area contributed by atoms with Crippen LogP contribution in [0.4, 0.5) is 0 Å². The number of amides is 1. The van der Waals surface area contributed by atoms with E-state index in [9.17, 15) is 4.79 Å². The zero-order valence-electron chi connectivity index (χ0n) is 10.1. The fraction of sp³-hybridized carbons (Fsp3) is 0.214. The first-order chi connectivity index (χ1) is 8.66. The van der Waals surface area contributed by atoms with Crippen LogP contribution in [-0.2, 0) is 6.42 Å².